The summed E-state index contributed by atoms with van der Waals surface area (Å²) in [4.78, 5) is 26.8. The van der Waals surface area contributed by atoms with Crippen LogP contribution in [0.4, 0.5) is 5.82 Å². The molecule has 3 saturated carbocycles. The highest BCUT2D eigenvalue weighted by molar-refractivity contribution is 9.10. The topological polar surface area (TPSA) is 125 Å². The summed E-state index contributed by atoms with van der Waals surface area (Å²) in [6.45, 7) is 0. The number of fused-ring (bicyclic) bond motifs is 2. The predicted octanol–water partition coefficient (Wildman–Crippen LogP) is 2.99. The van der Waals surface area contributed by atoms with Gasteiger partial charge < -0.3 is 25.4 Å². The molecule has 0 saturated heterocycles. The molecule has 4 N–H and O–H groups in total. The van der Waals surface area contributed by atoms with E-state index in [4.69, 9.17) is 9.97 Å². The highest BCUT2D eigenvalue weighted by Crippen LogP contribution is 2.67. The molecule has 2 heterocycles. The first-order valence-electron chi connectivity index (χ1n) is 13.3. The Bertz CT molecular complexity index is 1700. The van der Waals surface area contributed by atoms with Gasteiger partial charge in [0.25, 0.3) is 0 Å². The second kappa shape index (κ2) is 9.41. The third-order valence-electron chi connectivity index (χ3n) is 8.55. The Morgan fingerprint density at radius 3 is 2.73 bits per heavy atom. The summed E-state index contributed by atoms with van der Waals surface area (Å²) < 4.78 is 2.71. The van der Waals surface area contributed by atoms with E-state index in [0.29, 0.717) is 35.1 Å². The van der Waals surface area contributed by atoms with Gasteiger partial charge in [0.2, 0.25) is 11.7 Å². The molecule has 2 aromatic carbocycles. The Morgan fingerprint density at radius 2 is 1.95 bits per heavy atom. The van der Waals surface area contributed by atoms with Crippen molar-refractivity contribution in [1.82, 2.24) is 24.8 Å². The molecule has 9 nitrogen and oxygen atoms in total. The standard InChI is InChI=1S/C30H27BrN6O3/c1-32-29(40)30-14-20(30)24(25(38)26(30)39)37-15-33-23-27(34-21-13-19(21)17-7-3-2-4-8-17)35-22(36-28(23)37)11-10-16-6-5-9-18(31)12-16/h2-9,12,15,19-21,24-26,38-39H,13-14H2,1H3,(H,32,40)(H,34,35,36)/t19-,20?,21?,24+,25-,26-,30?/m0/s1. The maximum atomic E-state index is 12.7. The van der Waals surface area contributed by atoms with E-state index in [-0.39, 0.29) is 17.9 Å². The van der Waals surface area contributed by atoms with E-state index in [2.05, 4.69) is 55.5 Å². The summed E-state index contributed by atoms with van der Waals surface area (Å²) in [6.07, 6.45) is 0.771. The van der Waals surface area contributed by atoms with Crippen molar-refractivity contribution in [3.8, 4) is 11.8 Å². The Morgan fingerprint density at radius 1 is 1.12 bits per heavy atom. The molecule has 3 fully saturated rings. The molecule has 40 heavy (non-hydrogen) atoms. The van der Waals surface area contributed by atoms with E-state index in [0.717, 1.165) is 16.5 Å². The van der Waals surface area contributed by atoms with Crippen LogP contribution >= 0.6 is 15.9 Å². The quantitative estimate of drug-likeness (QED) is 0.260. The van der Waals surface area contributed by atoms with Gasteiger partial charge >= 0.3 is 0 Å². The van der Waals surface area contributed by atoms with Crippen LogP contribution < -0.4 is 10.6 Å². The minimum Gasteiger partial charge on any atom is -0.389 e. The Kier molecular flexibility index (Phi) is 5.93. The predicted molar refractivity (Wildman–Crippen MR) is 152 cm³/mol. The molecule has 3 aliphatic carbocycles. The fraction of sp³-hybridized carbons (Fsp3) is 0.333. The number of imidazole rings is 1. The van der Waals surface area contributed by atoms with Crippen molar-refractivity contribution >= 4 is 38.8 Å². The van der Waals surface area contributed by atoms with Gasteiger partial charge in [0.05, 0.1) is 23.9 Å². The summed E-state index contributed by atoms with van der Waals surface area (Å²) in [5, 5.41) is 28.2. The van der Waals surface area contributed by atoms with Crippen molar-refractivity contribution in [3.05, 3.63) is 82.3 Å². The first kappa shape index (κ1) is 25.2. The smallest absolute Gasteiger partial charge is 0.229 e. The van der Waals surface area contributed by atoms with Crippen LogP contribution in [0.15, 0.2) is 65.4 Å². The molecule has 4 aromatic rings. The third kappa shape index (κ3) is 4.00. The maximum Gasteiger partial charge on any atom is 0.229 e. The van der Waals surface area contributed by atoms with Gasteiger partial charge in [-0.2, -0.15) is 0 Å². The van der Waals surface area contributed by atoms with Crippen LogP contribution in [0.3, 0.4) is 0 Å². The highest BCUT2D eigenvalue weighted by atomic mass is 79.9. The Labute approximate surface area is 239 Å². The number of nitrogens with one attached hydrogen (secondary N) is 2. The average Bonchev–Trinajstić information content (AvgIpc) is 3.85. The molecule has 0 bridgehead atoms. The average molecular weight is 599 g/mol. The lowest BCUT2D eigenvalue weighted by atomic mass is 9.98. The largest absolute Gasteiger partial charge is 0.389 e. The van der Waals surface area contributed by atoms with Crippen LogP contribution in [0.5, 0.6) is 0 Å². The van der Waals surface area contributed by atoms with Crippen molar-refractivity contribution in [2.45, 2.75) is 43.1 Å². The van der Waals surface area contributed by atoms with Crippen LogP contribution in [0, 0.1) is 23.2 Å². The number of carbonyl (C=O) groups is 1. The van der Waals surface area contributed by atoms with E-state index in [1.54, 1.807) is 17.9 Å². The van der Waals surface area contributed by atoms with Crippen LogP contribution in [0.25, 0.3) is 11.2 Å². The lowest BCUT2D eigenvalue weighted by Crippen LogP contribution is -2.41. The van der Waals surface area contributed by atoms with Gasteiger partial charge in [0.15, 0.2) is 17.0 Å². The number of hydrogen-bond donors (Lipinski definition) is 4. The number of anilines is 1. The van der Waals surface area contributed by atoms with Crippen molar-refractivity contribution < 1.29 is 15.0 Å². The zero-order valence-corrected chi connectivity index (χ0v) is 23.2. The normalized spacial score (nSPS) is 29.8. The fourth-order valence-electron chi connectivity index (χ4n) is 6.37. The second-order valence-electron chi connectivity index (χ2n) is 10.8. The molecule has 3 unspecified atom stereocenters. The number of aromatic nitrogens is 4. The molecular formula is C30H27BrN6O3. The van der Waals surface area contributed by atoms with Gasteiger partial charge in [-0.3, -0.25) is 4.79 Å². The van der Waals surface area contributed by atoms with Crippen molar-refractivity contribution in [2.24, 2.45) is 11.3 Å². The molecule has 0 radical (unpaired) electrons. The summed E-state index contributed by atoms with van der Waals surface area (Å²) >= 11 is 3.48. The minimum atomic E-state index is -1.17. The van der Waals surface area contributed by atoms with E-state index >= 15 is 0 Å². The number of halogens is 1. The number of aliphatic hydroxyl groups is 2. The van der Waals surface area contributed by atoms with Crippen LogP contribution in [-0.2, 0) is 4.79 Å². The molecule has 3 aliphatic rings. The number of amides is 1. The van der Waals surface area contributed by atoms with E-state index < -0.39 is 23.7 Å². The van der Waals surface area contributed by atoms with Crippen LogP contribution in [0.2, 0.25) is 0 Å². The Balaban J connectivity index is 1.28. The van der Waals surface area contributed by atoms with E-state index in [1.165, 1.54) is 5.56 Å². The minimum absolute atomic E-state index is 0.194. The fourth-order valence-corrected chi connectivity index (χ4v) is 6.77. The van der Waals surface area contributed by atoms with Gasteiger partial charge in [0, 0.05) is 35.0 Å². The third-order valence-corrected chi connectivity index (χ3v) is 9.04. The highest BCUT2D eigenvalue weighted by Gasteiger charge is 2.75. The lowest BCUT2D eigenvalue weighted by molar-refractivity contribution is -0.132. The van der Waals surface area contributed by atoms with Gasteiger partial charge in [-0.05, 0) is 42.5 Å². The molecule has 202 valence electrons. The number of benzene rings is 2. The first-order valence-corrected chi connectivity index (χ1v) is 14.1. The van der Waals surface area contributed by atoms with Crippen LogP contribution in [-0.4, -0.2) is 60.9 Å². The lowest BCUT2D eigenvalue weighted by Gasteiger charge is -2.23. The summed E-state index contributed by atoms with van der Waals surface area (Å²) in [6, 6.07) is 17.7. The van der Waals surface area contributed by atoms with Gasteiger partial charge in [-0.15, -0.1) is 0 Å². The van der Waals surface area contributed by atoms with Gasteiger partial charge in [0.1, 0.15) is 6.10 Å². The number of aliphatic hydroxyl groups excluding tert-OH is 2. The van der Waals surface area contributed by atoms with E-state index in [1.807, 2.05) is 42.5 Å². The molecule has 0 aliphatic heterocycles. The number of rotatable bonds is 5. The molecule has 10 heteroatoms. The maximum absolute atomic E-state index is 12.7. The monoisotopic (exact) mass is 598 g/mol. The number of nitrogens with zero attached hydrogens (tertiary/aromatic N) is 4. The molecule has 2 aromatic heterocycles. The summed E-state index contributed by atoms with van der Waals surface area (Å²) in [7, 11) is 1.55. The summed E-state index contributed by atoms with van der Waals surface area (Å²) in [5.41, 5.74) is 2.15. The van der Waals surface area contributed by atoms with Gasteiger partial charge in [-0.25, -0.2) is 15.0 Å². The molecule has 7 atom stereocenters. The van der Waals surface area contributed by atoms with Crippen molar-refractivity contribution in [3.63, 3.8) is 0 Å². The number of hydrogen-bond acceptors (Lipinski definition) is 7. The van der Waals surface area contributed by atoms with E-state index in [9.17, 15) is 15.0 Å². The SMILES string of the molecule is CNC(=O)C12CC1[C@@H](n1cnc3c(NC4C[C@H]4c4ccccc4)nc(C#Cc4cccc(Br)c4)nc31)[C@H](O)[C@@H]2O. The zero-order valence-electron chi connectivity index (χ0n) is 21.6. The van der Waals surface area contributed by atoms with Crippen molar-refractivity contribution in [1.29, 1.82) is 0 Å². The molecule has 7 rings (SSSR count). The first-order chi connectivity index (χ1) is 19.4. The molecule has 1 amide bonds. The summed E-state index contributed by atoms with van der Waals surface area (Å²) in [5.74, 6) is 7.00. The molecular weight excluding hydrogens is 572 g/mol. The van der Waals surface area contributed by atoms with Crippen molar-refractivity contribution in [2.75, 3.05) is 12.4 Å². The number of carbonyl (C=O) groups excluding carboxylic acids is 1. The second-order valence-corrected chi connectivity index (χ2v) is 11.8. The molecule has 0 spiro atoms. The van der Waals surface area contributed by atoms with Gasteiger partial charge in [-0.1, -0.05) is 58.2 Å². The van der Waals surface area contributed by atoms with Crippen LogP contribution in [0.1, 0.15) is 41.8 Å². The Hall–Kier alpha value is -3.78. The zero-order chi connectivity index (χ0) is 27.6.